The molecule has 2 aliphatic rings. The first-order chi connectivity index (χ1) is 13.1. The maximum Gasteiger partial charge on any atom is 0.278 e. The highest BCUT2D eigenvalue weighted by atomic mass is 16.5. The average Bonchev–Trinajstić information content (AvgIpc) is 3.24. The fourth-order valence-corrected chi connectivity index (χ4v) is 4.35. The number of benzene rings is 2. The molecule has 0 bridgehead atoms. The molecular formula is C22H27N2O3+. The fourth-order valence-electron chi connectivity index (χ4n) is 4.35. The van der Waals surface area contributed by atoms with E-state index in [1.807, 2.05) is 55.5 Å². The highest BCUT2D eigenvalue weighted by molar-refractivity contribution is 5.97. The summed E-state index contributed by atoms with van der Waals surface area (Å²) in [6, 6.07) is 15.7. The fraction of sp³-hybridized carbons (Fsp3) is 0.409. The molecule has 2 aromatic carbocycles. The summed E-state index contributed by atoms with van der Waals surface area (Å²) in [5.74, 6) is 2.81. The van der Waals surface area contributed by atoms with Gasteiger partial charge in [0.05, 0.1) is 26.7 Å². The summed E-state index contributed by atoms with van der Waals surface area (Å²) in [6.45, 7) is 5.68. The summed E-state index contributed by atoms with van der Waals surface area (Å²) in [5, 5.41) is 12.0. The summed E-state index contributed by atoms with van der Waals surface area (Å²) < 4.78 is 13.2. The highest BCUT2D eigenvalue weighted by Crippen LogP contribution is 2.43. The van der Waals surface area contributed by atoms with Gasteiger partial charge < -0.3 is 14.6 Å². The van der Waals surface area contributed by atoms with Crippen molar-refractivity contribution in [3.8, 4) is 11.5 Å². The van der Waals surface area contributed by atoms with Crippen molar-refractivity contribution >= 4 is 11.5 Å². The molecule has 2 heterocycles. The monoisotopic (exact) mass is 367 g/mol. The predicted molar refractivity (Wildman–Crippen MR) is 106 cm³/mol. The molecule has 2 atom stereocenters. The van der Waals surface area contributed by atoms with Crippen LogP contribution in [0.15, 0.2) is 48.5 Å². The molecule has 2 aromatic rings. The van der Waals surface area contributed by atoms with Crippen LogP contribution in [0.3, 0.4) is 0 Å². The van der Waals surface area contributed by atoms with Crippen LogP contribution in [0.2, 0.25) is 0 Å². The second-order valence-electron chi connectivity index (χ2n) is 7.11. The van der Waals surface area contributed by atoms with Crippen LogP contribution in [0.25, 0.3) is 0 Å². The Labute approximate surface area is 160 Å². The van der Waals surface area contributed by atoms with Crippen LogP contribution in [-0.2, 0) is 5.72 Å². The number of aliphatic hydroxyl groups is 1. The summed E-state index contributed by atoms with van der Waals surface area (Å²) >= 11 is 0. The van der Waals surface area contributed by atoms with Crippen molar-refractivity contribution in [2.75, 3.05) is 25.2 Å². The van der Waals surface area contributed by atoms with Crippen molar-refractivity contribution < 1.29 is 19.2 Å². The van der Waals surface area contributed by atoms with Crippen LogP contribution in [-0.4, -0.2) is 41.8 Å². The molecule has 0 fully saturated rings. The number of amidine groups is 1. The van der Waals surface area contributed by atoms with Crippen molar-refractivity contribution in [2.45, 2.75) is 38.5 Å². The number of rotatable bonds is 5. The molecule has 0 saturated carbocycles. The lowest BCUT2D eigenvalue weighted by Crippen LogP contribution is -2.51. The summed E-state index contributed by atoms with van der Waals surface area (Å²) in [4.78, 5) is 2.10. The molecule has 27 heavy (non-hydrogen) atoms. The molecule has 2 aliphatic heterocycles. The summed E-state index contributed by atoms with van der Waals surface area (Å²) in [6.07, 6.45) is 2.08. The summed E-state index contributed by atoms with van der Waals surface area (Å²) in [7, 11) is 1.66. The highest BCUT2D eigenvalue weighted by Gasteiger charge is 2.60. The third kappa shape index (κ3) is 2.77. The smallest absolute Gasteiger partial charge is 0.278 e. The van der Waals surface area contributed by atoms with E-state index in [1.165, 1.54) is 5.84 Å². The number of hydrogen-bond acceptors (Lipinski definition) is 4. The molecule has 1 N–H and O–H groups in total. The molecule has 0 aromatic heterocycles. The van der Waals surface area contributed by atoms with E-state index in [2.05, 4.69) is 16.4 Å². The molecule has 0 aliphatic carbocycles. The van der Waals surface area contributed by atoms with Gasteiger partial charge in [0.15, 0.2) is 6.04 Å². The van der Waals surface area contributed by atoms with Gasteiger partial charge in [-0.05, 0) is 68.8 Å². The number of hydrogen-bond donors (Lipinski definition) is 1. The first-order valence-electron chi connectivity index (χ1n) is 9.62. The number of methoxy groups -OCH3 is 1. The van der Waals surface area contributed by atoms with Crippen LogP contribution in [0, 0.1) is 0 Å². The Kier molecular flexibility index (Phi) is 4.56. The molecule has 0 spiro atoms. The Bertz CT molecular complexity index is 845. The zero-order chi connectivity index (χ0) is 19.0. The molecule has 142 valence electrons. The van der Waals surface area contributed by atoms with Crippen molar-refractivity contribution in [1.82, 2.24) is 0 Å². The maximum atomic E-state index is 12.0. The Morgan fingerprint density at radius 2 is 1.78 bits per heavy atom. The van der Waals surface area contributed by atoms with E-state index in [0.717, 1.165) is 42.1 Å². The lowest BCUT2D eigenvalue weighted by Gasteiger charge is -2.32. The van der Waals surface area contributed by atoms with E-state index < -0.39 is 5.72 Å². The summed E-state index contributed by atoms with van der Waals surface area (Å²) in [5.41, 5.74) is 0.712. The van der Waals surface area contributed by atoms with Gasteiger partial charge in [-0.25, -0.2) is 0 Å². The normalized spacial score (nSPS) is 24.3. The van der Waals surface area contributed by atoms with Crippen molar-refractivity contribution in [2.24, 2.45) is 0 Å². The van der Waals surface area contributed by atoms with Crippen LogP contribution < -0.4 is 14.4 Å². The van der Waals surface area contributed by atoms with E-state index in [1.54, 1.807) is 7.11 Å². The zero-order valence-electron chi connectivity index (χ0n) is 16.2. The minimum atomic E-state index is -1.13. The molecule has 4 rings (SSSR count). The molecule has 5 nitrogen and oxygen atoms in total. The van der Waals surface area contributed by atoms with Crippen LogP contribution >= 0.6 is 0 Å². The molecule has 0 radical (unpaired) electrons. The van der Waals surface area contributed by atoms with Crippen LogP contribution in [0.5, 0.6) is 11.5 Å². The third-order valence-corrected chi connectivity index (χ3v) is 5.70. The van der Waals surface area contributed by atoms with Gasteiger partial charge in [-0.15, -0.1) is 0 Å². The van der Waals surface area contributed by atoms with Crippen molar-refractivity contribution in [1.29, 1.82) is 0 Å². The number of nitrogens with zero attached hydrogens (tertiary/aromatic N) is 2. The minimum Gasteiger partial charge on any atom is -0.497 e. The van der Waals surface area contributed by atoms with Gasteiger partial charge in [0, 0.05) is 5.56 Å². The Balaban J connectivity index is 1.78. The van der Waals surface area contributed by atoms with Gasteiger partial charge in [0.25, 0.3) is 11.6 Å². The first-order valence-corrected chi connectivity index (χ1v) is 9.62. The zero-order valence-corrected chi connectivity index (χ0v) is 16.2. The van der Waals surface area contributed by atoms with Gasteiger partial charge in [-0.2, -0.15) is 4.90 Å². The average molecular weight is 367 g/mol. The lowest BCUT2D eigenvalue weighted by molar-refractivity contribution is -0.564. The minimum absolute atomic E-state index is 0.0463. The number of anilines is 1. The SMILES string of the molecule is CCOc1ccc([C@]2(O)[C@@H](C)[N+]3=C(CCC3)N2c2ccc(OC)cc2)cc1. The quantitative estimate of drug-likeness (QED) is 0.823. The molecular weight excluding hydrogens is 340 g/mol. The van der Waals surface area contributed by atoms with Crippen molar-refractivity contribution in [3.63, 3.8) is 0 Å². The molecule has 5 heteroatoms. The van der Waals surface area contributed by atoms with E-state index in [0.29, 0.717) is 6.61 Å². The van der Waals surface area contributed by atoms with Gasteiger partial charge in [-0.1, -0.05) is 0 Å². The van der Waals surface area contributed by atoms with E-state index in [9.17, 15) is 5.11 Å². The Morgan fingerprint density at radius 3 is 2.41 bits per heavy atom. The second-order valence-corrected chi connectivity index (χ2v) is 7.11. The van der Waals surface area contributed by atoms with E-state index in [-0.39, 0.29) is 6.04 Å². The van der Waals surface area contributed by atoms with Crippen molar-refractivity contribution in [3.05, 3.63) is 54.1 Å². The molecule has 0 saturated heterocycles. The van der Waals surface area contributed by atoms with Crippen LogP contribution in [0.1, 0.15) is 32.3 Å². The second kappa shape index (κ2) is 6.89. The lowest BCUT2D eigenvalue weighted by atomic mass is 9.93. The predicted octanol–water partition coefficient (Wildman–Crippen LogP) is 3.35. The Morgan fingerprint density at radius 1 is 1.11 bits per heavy atom. The van der Waals surface area contributed by atoms with Gasteiger partial charge in [0.1, 0.15) is 17.2 Å². The molecule has 0 unspecified atom stereocenters. The largest absolute Gasteiger partial charge is 0.497 e. The third-order valence-electron chi connectivity index (χ3n) is 5.70. The van der Waals surface area contributed by atoms with Gasteiger partial charge in [0.2, 0.25) is 0 Å². The standard InChI is InChI=1S/C22H27N2O3/c1-4-27-20-11-7-17(8-12-20)22(25)16(2)23-15-5-6-21(23)24(22)18-9-13-19(26-3)14-10-18/h7-14,16,25H,4-6,15H2,1-3H3/q+1/t16-,22-/m1/s1. The van der Waals surface area contributed by atoms with E-state index >= 15 is 0 Å². The van der Waals surface area contributed by atoms with E-state index in [4.69, 9.17) is 9.47 Å². The first kappa shape index (κ1) is 17.9. The number of ether oxygens (including phenoxy) is 2. The van der Waals surface area contributed by atoms with Crippen LogP contribution in [0.4, 0.5) is 5.69 Å². The topological polar surface area (TPSA) is 44.9 Å². The Hall–Kier alpha value is -2.53. The molecule has 0 amide bonds. The van der Waals surface area contributed by atoms with Gasteiger partial charge >= 0.3 is 0 Å². The van der Waals surface area contributed by atoms with Gasteiger partial charge in [-0.3, -0.25) is 4.58 Å². The maximum absolute atomic E-state index is 12.0.